The van der Waals surface area contributed by atoms with E-state index in [4.69, 9.17) is 0 Å². The molecule has 0 aliphatic heterocycles. The molecule has 0 aromatic heterocycles. The average Bonchev–Trinajstić information content (AvgIpc) is 2.24. The molecule has 0 fully saturated rings. The Morgan fingerprint density at radius 2 is 1.82 bits per heavy atom. The molecule has 3 nitrogen and oxygen atoms in total. The van der Waals surface area contributed by atoms with Gasteiger partial charge in [0.25, 0.3) is 0 Å². The third-order valence-corrected chi connectivity index (χ3v) is 3.39. The van der Waals surface area contributed by atoms with Gasteiger partial charge in [0.2, 0.25) is 5.91 Å². The van der Waals surface area contributed by atoms with Gasteiger partial charge < -0.3 is 10.4 Å². The summed E-state index contributed by atoms with van der Waals surface area (Å²) in [6.45, 7) is 13.0. The molecule has 0 aliphatic carbocycles. The van der Waals surface area contributed by atoms with Crippen molar-refractivity contribution in [3.8, 4) is 0 Å². The highest BCUT2D eigenvalue weighted by Gasteiger charge is 2.35. The minimum absolute atomic E-state index is 0.0827. The average molecular weight is 243 g/mol. The molecule has 0 saturated heterocycles. The van der Waals surface area contributed by atoms with Crippen molar-refractivity contribution in [1.29, 1.82) is 0 Å². The topological polar surface area (TPSA) is 49.3 Å². The highest BCUT2D eigenvalue weighted by molar-refractivity contribution is 5.81. The van der Waals surface area contributed by atoms with E-state index in [-0.39, 0.29) is 17.9 Å². The summed E-state index contributed by atoms with van der Waals surface area (Å²) in [5.41, 5.74) is -0.596. The van der Waals surface area contributed by atoms with Crippen molar-refractivity contribution in [2.24, 2.45) is 16.7 Å². The van der Waals surface area contributed by atoms with E-state index in [1.807, 2.05) is 20.8 Å². The Hall–Kier alpha value is -0.570. The molecule has 0 aromatic rings. The van der Waals surface area contributed by atoms with Gasteiger partial charge in [-0.1, -0.05) is 41.5 Å². The fraction of sp³-hybridized carbons (Fsp3) is 0.929. The Morgan fingerprint density at radius 1 is 1.29 bits per heavy atom. The number of carbonyl (C=O) groups is 1. The molecule has 2 N–H and O–H groups in total. The first-order valence-corrected chi connectivity index (χ1v) is 6.56. The van der Waals surface area contributed by atoms with Crippen LogP contribution in [-0.4, -0.2) is 24.2 Å². The van der Waals surface area contributed by atoms with Crippen LogP contribution in [0.25, 0.3) is 0 Å². The number of hydrogen-bond donors (Lipinski definition) is 2. The van der Waals surface area contributed by atoms with Gasteiger partial charge in [0.05, 0.1) is 0 Å². The number of aliphatic hydroxyl groups excluding tert-OH is 1. The van der Waals surface area contributed by atoms with Crippen LogP contribution in [0.2, 0.25) is 0 Å². The molecular formula is C14H29NO2. The van der Waals surface area contributed by atoms with Crippen LogP contribution in [0, 0.1) is 16.7 Å². The third kappa shape index (κ3) is 5.53. The van der Waals surface area contributed by atoms with Crippen LogP contribution in [0.3, 0.4) is 0 Å². The number of hydrogen-bond acceptors (Lipinski definition) is 2. The summed E-state index contributed by atoms with van der Waals surface area (Å²) in [4.78, 5) is 12.1. The maximum Gasteiger partial charge on any atom is 0.225 e. The summed E-state index contributed by atoms with van der Waals surface area (Å²) >= 11 is 0. The van der Waals surface area contributed by atoms with Gasteiger partial charge >= 0.3 is 0 Å². The van der Waals surface area contributed by atoms with Gasteiger partial charge in [-0.15, -0.1) is 0 Å². The first kappa shape index (κ1) is 16.4. The molecule has 0 aromatic carbocycles. The Bertz CT molecular complexity index is 243. The van der Waals surface area contributed by atoms with E-state index >= 15 is 0 Å². The van der Waals surface area contributed by atoms with Crippen molar-refractivity contribution in [3.05, 3.63) is 0 Å². The van der Waals surface area contributed by atoms with Gasteiger partial charge in [-0.2, -0.15) is 0 Å². The number of carbonyl (C=O) groups excluding carboxylic acids is 1. The molecule has 17 heavy (non-hydrogen) atoms. The van der Waals surface area contributed by atoms with E-state index < -0.39 is 5.41 Å². The molecule has 102 valence electrons. The van der Waals surface area contributed by atoms with Gasteiger partial charge in [-0.3, -0.25) is 4.79 Å². The van der Waals surface area contributed by atoms with Gasteiger partial charge in [0.15, 0.2) is 0 Å². The normalized spacial score (nSPS) is 15.8. The molecule has 0 rings (SSSR count). The van der Waals surface area contributed by atoms with Crippen LogP contribution < -0.4 is 5.32 Å². The Labute approximate surface area is 106 Å². The van der Waals surface area contributed by atoms with Crippen molar-refractivity contribution >= 4 is 5.91 Å². The van der Waals surface area contributed by atoms with Crippen LogP contribution in [0.4, 0.5) is 0 Å². The minimum Gasteiger partial charge on any atom is -0.396 e. The SMILES string of the molecule is CCC(C)(CO)CC(C)(C)C(=O)NCC(C)C. The second-order valence-corrected chi connectivity index (χ2v) is 6.49. The highest BCUT2D eigenvalue weighted by atomic mass is 16.3. The minimum atomic E-state index is -0.428. The van der Waals surface area contributed by atoms with E-state index in [0.717, 1.165) is 6.42 Å². The second kappa shape index (κ2) is 6.39. The number of nitrogens with one attached hydrogen (secondary N) is 1. The molecule has 0 bridgehead atoms. The van der Waals surface area contributed by atoms with Gasteiger partial charge in [0.1, 0.15) is 0 Å². The summed E-state index contributed by atoms with van der Waals surface area (Å²) in [6, 6.07) is 0. The smallest absolute Gasteiger partial charge is 0.225 e. The van der Waals surface area contributed by atoms with E-state index in [1.54, 1.807) is 0 Å². The third-order valence-electron chi connectivity index (χ3n) is 3.39. The summed E-state index contributed by atoms with van der Waals surface area (Å²) in [7, 11) is 0. The van der Waals surface area contributed by atoms with Crippen LogP contribution in [0.1, 0.15) is 54.4 Å². The fourth-order valence-electron chi connectivity index (χ4n) is 1.98. The van der Waals surface area contributed by atoms with Gasteiger partial charge in [0, 0.05) is 18.6 Å². The lowest BCUT2D eigenvalue weighted by molar-refractivity contribution is -0.131. The van der Waals surface area contributed by atoms with Crippen molar-refractivity contribution < 1.29 is 9.90 Å². The monoisotopic (exact) mass is 243 g/mol. The molecule has 1 atom stereocenters. The maximum atomic E-state index is 12.1. The predicted molar refractivity (Wildman–Crippen MR) is 71.7 cm³/mol. The number of amides is 1. The lowest BCUT2D eigenvalue weighted by atomic mass is 9.72. The van der Waals surface area contributed by atoms with E-state index in [2.05, 4.69) is 26.1 Å². The lowest BCUT2D eigenvalue weighted by Gasteiger charge is -2.34. The van der Waals surface area contributed by atoms with Crippen molar-refractivity contribution in [3.63, 3.8) is 0 Å². The zero-order valence-electron chi connectivity index (χ0n) is 12.3. The standard InChI is InChI=1S/C14H29NO2/c1-7-14(6,10-16)9-13(4,5)12(17)15-8-11(2)3/h11,16H,7-10H2,1-6H3,(H,15,17). The molecule has 3 heteroatoms. The lowest BCUT2D eigenvalue weighted by Crippen LogP contribution is -2.42. The summed E-state index contributed by atoms with van der Waals surface area (Å²) in [6.07, 6.45) is 1.58. The van der Waals surface area contributed by atoms with Crippen LogP contribution >= 0.6 is 0 Å². The van der Waals surface area contributed by atoms with E-state index in [1.165, 1.54) is 0 Å². The molecule has 1 amide bonds. The quantitative estimate of drug-likeness (QED) is 0.722. The summed E-state index contributed by atoms with van der Waals surface area (Å²) in [5.74, 6) is 0.546. The molecule has 0 saturated carbocycles. The molecule has 0 aliphatic rings. The number of rotatable bonds is 7. The van der Waals surface area contributed by atoms with Crippen LogP contribution in [0.15, 0.2) is 0 Å². The van der Waals surface area contributed by atoms with Crippen LogP contribution in [0.5, 0.6) is 0 Å². The molecular weight excluding hydrogens is 214 g/mol. The van der Waals surface area contributed by atoms with Crippen molar-refractivity contribution in [2.75, 3.05) is 13.2 Å². The fourth-order valence-corrected chi connectivity index (χ4v) is 1.98. The predicted octanol–water partition coefficient (Wildman–Crippen LogP) is 2.58. The van der Waals surface area contributed by atoms with E-state index in [0.29, 0.717) is 18.9 Å². The zero-order chi connectivity index (χ0) is 13.7. The highest BCUT2D eigenvalue weighted by Crippen LogP contribution is 2.36. The molecule has 0 radical (unpaired) electrons. The maximum absolute atomic E-state index is 12.1. The zero-order valence-corrected chi connectivity index (χ0v) is 12.3. The van der Waals surface area contributed by atoms with Crippen molar-refractivity contribution in [2.45, 2.75) is 54.4 Å². The largest absolute Gasteiger partial charge is 0.396 e. The molecule has 0 spiro atoms. The molecule has 1 unspecified atom stereocenters. The summed E-state index contributed by atoms with van der Waals surface area (Å²) < 4.78 is 0. The Morgan fingerprint density at radius 3 is 2.18 bits per heavy atom. The van der Waals surface area contributed by atoms with Gasteiger partial charge in [-0.25, -0.2) is 0 Å². The second-order valence-electron chi connectivity index (χ2n) is 6.49. The first-order valence-electron chi connectivity index (χ1n) is 6.56. The summed E-state index contributed by atoms with van der Waals surface area (Å²) in [5, 5.41) is 12.4. The van der Waals surface area contributed by atoms with E-state index in [9.17, 15) is 9.90 Å². The van der Waals surface area contributed by atoms with Crippen molar-refractivity contribution in [1.82, 2.24) is 5.32 Å². The first-order chi connectivity index (χ1) is 7.67. The van der Waals surface area contributed by atoms with Crippen LogP contribution in [-0.2, 0) is 4.79 Å². The molecule has 0 heterocycles. The Balaban J connectivity index is 4.50. The number of aliphatic hydroxyl groups is 1. The Kier molecular flexibility index (Phi) is 6.17. The van der Waals surface area contributed by atoms with Gasteiger partial charge in [-0.05, 0) is 24.2 Å².